The summed E-state index contributed by atoms with van der Waals surface area (Å²) in [6, 6.07) is 92.6. The quantitative estimate of drug-likeness (QED) is 0.121. The van der Waals surface area contributed by atoms with Crippen molar-refractivity contribution in [2.45, 2.75) is 19.6 Å². The van der Waals surface area contributed by atoms with Crippen molar-refractivity contribution >= 4 is 209 Å². The Morgan fingerprint density at radius 3 is 1.37 bits per heavy atom. The highest BCUT2D eigenvalue weighted by molar-refractivity contribution is 8.05. The zero-order valence-electron chi connectivity index (χ0n) is 52.5. The maximum atomic E-state index is 6.68. The van der Waals surface area contributed by atoms with Crippen molar-refractivity contribution in [1.82, 2.24) is 44.4 Å². The van der Waals surface area contributed by atoms with Crippen LogP contribution in [0.25, 0.3) is 156 Å². The first-order valence-electron chi connectivity index (χ1n) is 31.9. The molecule has 101 heavy (non-hydrogen) atoms. The molecule has 0 amide bonds. The molecule has 11 aromatic carbocycles. The molecule has 0 atom stereocenters. The lowest BCUT2D eigenvalue weighted by Crippen LogP contribution is -1.93. The molecule has 9 aromatic heterocycles. The molecule has 0 saturated heterocycles. The molecule has 19 heteroatoms. The van der Waals surface area contributed by atoms with Crippen molar-refractivity contribution < 1.29 is 4.42 Å². The molecule has 1 aliphatic rings. The Kier molecular flexibility index (Phi) is 16.7. The van der Waals surface area contributed by atoms with Gasteiger partial charge in [0, 0.05) is 99.3 Å². The summed E-state index contributed by atoms with van der Waals surface area (Å²) in [5.41, 5.74) is 9.58. The van der Waals surface area contributed by atoms with E-state index >= 15 is 0 Å². The Bertz CT molecular complexity index is 6630. The fourth-order valence-corrected chi connectivity index (χ4v) is 19.4. The van der Waals surface area contributed by atoms with Gasteiger partial charge in [-0.25, -0.2) is 34.9 Å². The number of aromatic nitrogens is 9. The van der Waals surface area contributed by atoms with Gasteiger partial charge in [-0.3, -0.25) is 0 Å². The Morgan fingerprint density at radius 2 is 0.743 bits per heavy atom. The fraction of sp³-hybridized carbons (Fsp3) is 0. The normalized spacial score (nSPS) is 11.9. The van der Waals surface area contributed by atoms with Gasteiger partial charge in [0.15, 0.2) is 17.5 Å². The number of para-hydroxylation sites is 3. The van der Waals surface area contributed by atoms with Crippen LogP contribution in [0.15, 0.2) is 297 Å². The first-order valence-corrected chi connectivity index (χ1v) is 37.5. The summed E-state index contributed by atoms with van der Waals surface area (Å²) in [5.74, 6) is 1.90. The number of nitrogens with zero attached hydrogens (tertiary/aromatic N) is 9. The lowest BCUT2D eigenvalue weighted by molar-refractivity contribution is 0.653. The first kappa shape index (κ1) is 63.1. The molecular formula is C82H45Cl4N9OS5. The van der Waals surface area contributed by atoms with Crippen LogP contribution in [0.2, 0.25) is 20.7 Å². The predicted octanol–water partition coefficient (Wildman–Crippen LogP) is 25.9. The summed E-state index contributed by atoms with van der Waals surface area (Å²) in [6.45, 7) is 0. The topological polar surface area (TPSA) is 121 Å². The monoisotopic (exact) mass is 1470 g/mol. The van der Waals surface area contributed by atoms with Gasteiger partial charge in [-0.2, -0.15) is 4.98 Å². The van der Waals surface area contributed by atoms with Crippen LogP contribution in [-0.4, -0.2) is 44.4 Å². The molecule has 0 spiro atoms. The summed E-state index contributed by atoms with van der Waals surface area (Å²) < 4.78 is 11.6. The lowest BCUT2D eigenvalue weighted by Gasteiger charge is -2.18. The minimum atomic E-state index is 0.294. The average Bonchev–Trinajstić information content (AvgIpc) is 1.64. The predicted molar refractivity (Wildman–Crippen MR) is 425 cm³/mol. The summed E-state index contributed by atoms with van der Waals surface area (Å²) in [7, 11) is 0. The van der Waals surface area contributed by atoms with E-state index in [0.717, 1.165) is 96.9 Å². The van der Waals surface area contributed by atoms with Crippen LogP contribution >= 0.6 is 104 Å². The van der Waals surface area contributed by atoms with Crippen LogP contribution in [0, 0.1) is 0 Å². The molecule has 0 saturated carbocycles. The number of thiophene rings is 3. The van der Waals surface area contributed by atoms with Gasteiger partial charge in [-0.1, -0.05) is 240 Å². The molecule has 0 unspecified atom stereocenters. The molecule has 482 valence electrons. The Morgan fingerprint density at radius 1 is 0.297 bits per heavy atom. The minimum Gasteiger partial charge on any atom is -0.438 e. The van der Waals surface area contributed by atoms with E-state index in [-0.39, 0.29) is 0 Å². The maximum absolute atomic E-state index is 6.68. The van der Waals surface area contributed by atoms with Gasteiger partial charge in [0.2, 0.25) is 11.0 Å². The third-order valence-corrected chi connectivity index (χ3v) is 24.0. The van der Waals surface area contributed by atoms with Crippen molar-refractivity contribution in [3.63, 3.8) is 0 Å². The number of halogens is 4. The number of hydrogen-bond acceptors (Lipinski definition) is 14. The lowest BCUT2D eigenvalue weighted by atomic mass is 10.1. The minimum absolute atomic E-state index is 0.294. The molecule has 0 N–H and O–H groups in total. The van der Waals surface area contributed by atoms with Gasteiger partial charge >= 0.3 is 0 Å². The largest absolute Gasteiger partial charge is 0.438 e. The van der Waals surface area contributed by atoms with Crippen molar-refractivity contribution in [3.8, 4) is 51.1 Å². The Hall–Kier alpha value is -10.1. The number of rotatable bonds is 5. The summed E-state index contributed by atoms with van der Waals surface area (Å²) in [5, 5.41) is 12.2. The van der Waals surface area contributed by atoms with Gasteiger partial charge in [0.05, 0.1) is 32.9 Å². The van der Waals surface area contributed by atoms with Gasteiger partial charge in [0.25, 0.3) is 0 Å². The van der Waals surface area contributed by atoms with Crippen LogP contribution in [0.1, 0.15) is 0 Å². The second-order valence-electron chi connectivity index (χ2n) is 23.4. The van der Waals surface area contributed by atoms with Crippen molar-refractivity contribution in [2.75, 3.05) is 0 Å². The molecule has 1 aliphatic heterocycles. The maximum Gasteiger partial charge on any atom is 0.232 e. The highest BCUT2D eigenvalue weighted by Crippen LogP contribution is 2.50. The van der Waals surface area contributed by atoms with Crippen molar-refractivity contribution in [1.29, 1.82) is 0 Å². The zero-order valence-corrected chi connectivity index (χ0v) is 59.6. The van der Waals surface area contributed by atoms with E-state index in [1.165, 1.54) is 55.4 Å². The van der Waals surface area contributed by atoms with Crippen LogP contribution in [0.3, 0.4) is 0 Å². The van der Waals surface area contributed by atoms with E-state index in [1.54, 1.807) is 45.8 Å². The van der Waals surface area contributed by atoms with Crippen LogP contribution in [-0.2, 0) is 0 Å². The number of benzene rings is 11. The van der Waals surface area contributed by atoms with Crippen molar-refractivity contribution in [3.05, 3.63) is 294 Å². The average molecular weight is 1470 g/mol. The molecule has 10 nitrogen and oxygen atoms in total. The molecule has 0 bridgehead atoms. The SMILES string of the molecule is Clc1nc(-c2ccc3c(c2)Sc2ccccc2S3)nc2sc3ccccc3c12.Clc1nc(-c2ccc3c(c2)c2ccccc2n3-c2ccccc2)nc2sc3ccccc3c12.Clc1nc(-c2ccccc2)c2c(n1)sc1ccccc12.Clc1nc(-c2ccccc2)nc2oc3ccccc3c12. The number of furan rings is 1. The molecular weight excluding hydrogens is 1430 g/mol. The van der Waals surface area contributed by atoms with Gasteiger partial charge < -0.3 is 8.98 Å². The molecule has 0 radical (unpaired) electrons. The highest BCUT2D eigenvalue weighted by atomic mass is 35.5. The van der Waals surface area contributed by atoms with Crippen LogP contribution in [0.4, 0.5) is 0 Å². The smallest absolute Gasteiger partial charge is 0.232 e. The van der Waals surface area contributed by atoms with Gasteiger partial charge in [0.1, 0.15) is 35.5 Å². The molecule has 0 fully saturated rings. The van der Waals surface area contributed by atoms with Crippen molar-refractivity contribution in [2.24, 2.45) is 0 Å². The van der Waals surface area contributed by atoms with Crippen LogP contribution in [0.5, 0.6) is 0 Å². The zero-order chi connectivity index (χ0) is 67.7. The Balaban J connectivity index is 0.0000000990. The molecule has 0 aliphatic carbocycles. The van der Waals surface area contributed by atoms with Gasteiger partial charge in [-0.05, 0) is 103 Å². The molecule has 20 aromatic rings. The van der Waals surface area contributed by atoms with E-state index < -0.39 is 0 Å². The van der Waals surface area contributed by atoms with E-state index in [1.807, 2.05) is 139 Å². The number of hydrogen-bond donors (Lipinski definition) is 0. The third-order valence-electron chi connectivity index (χ3n) is 17.3. The third kappa shape index (κ3) is 11.9. The summed E-state index contributed by atoms with van der Waals surface area (Å²) in [6.07, 6.45) is 0. The van der Waals surface area contributed by atoms with E-state index in [4.69, 9.17) is 65.8 Å². The van der Waals surface area contributed by atoms with Crippen LogP contribution < -0.4 is 0 Å². The molecule has 10 heterocycles. The second-order valence-corrected chi connectivity index (χ2v) is 30.1. The standard InChI is InChI=1S/C28H16ClN3S.C22H11ClN2S3.C16H9ClN2O.C16H9ClN2S/c29-26-25-20-11-5-7-13-24(20)33-28(25)31-27(30-26)17-14-15-23-21(16-17)19-10-4-6-12-22(19)32(23)18-8-2-1-3-9-18;23-20-19-13-5-1-2-6-14(13)28-22(19)25-21(24-20)12-9-10-17-18(11-12)27-16-8-4-3-7-15(16)26-17;17-14-13-11-8-4-5-9-12(11)20-16(13)19-15(18-14)10-6-2-1-3-7-10;17-16-18-14(10-6-2-1-3-7-10)13-11-8-4-5-9-12(11)20-15(13)19-16/h1-16H;1-11H;2*1-9H. The fourth-order valence-electron chi connectivity index (χ4n) is 12.8. The summed E-state index contributed by atoms with van der Waals surface area (Å²) in [4.78, 5) is 44.7. The van der Waals surface area contributed by atoms with E-state index in [2.05, 4.69) is 175 Å². The molecule has 21 rings (SSSR count). The van der Waals surface area contributed by atoms with E-state index in [0.29, 0.717) is 43.9 Å². The summed E-state index contributed by atoms with van der Waals surface area (Å²) >= 11 is 34.2. The van der Waals surface area contributed by atoms with Gasteiger partial charge in [-0.15, -0.1) is 34.0 Å². The highest BCUT2D eigenvalue weighted by Gasteiger charge is 2.23. The van der Waals surface area contributed by atoms with E-state index in [9.17, 15) is 0 Å². The first-order chi connectivity index (χ1) is 49.7. The second kappa shape index (κ2) is 26.8. The Labute approximate surface area is 616 Å². The number of fused-ring (bicyclic) bond motifs is 17.